The predicted molar refractivity (Wildman–Crippen MR) is 77.3 cm³/mol. The summed E-state index contributed by atoms with van der Waals surface area (Å²) in [5.74, 6) is -0.603. The third-order valence-electron chi connectivity index (χ3n) is 3.36. The topological polar surface area (TPSA) is 50.3 Å². The summed E-state index contributed by atoms with van der Waals surface area (Å²) in [4.78, 5) is 29.7. The molecule has 1 aliphatic heterocycles. The molecule has 0 bridgehead atoms. The lowest BCUT2D eigenvalue weighted by molar-refractivity contribution is 0.0640. The zero-order chi connectivity index (χ0) is 14.3. The third kappa shape index (κ3) is 2.04. The van der Waals surface area contributed by atoms with Gasteiger partial charge in [-0.15, -0.1) is 0 Å². The standard InChI is InChI=1S/C15H11BrN2O2/c1-9-7-11(16)5-4-10(9)8-18-14(19)12-3-2-6-17-13(12)15(18)20/h2-7H,8H2,1H3. The maximum atomic E-state index is 12.2. The molecular formula is C15H11BrN2O2. The van der Waals surface area contributed by atoms with Crippen LogP contribution in [0.25, 0.3) is 0 Å². The number of aryl methyl sites for hydroxylation is 1. The Labute approximate surface area is 124 Å². The number of pyridine rings is 1. The summed E-state index contributed by atoms with van der Waals surface area (Å²) < 4.78 is 0.975. The Balaban J connectivity index is 1.94. The Bertz CT molecular complexity index is 693. The molecule has 0 fully saturated rings. The molecule has 0 saturated heterocycles. The molecule has 2 heterocycles. The molecule has 1 aromatic carbocycles. The van der Waals surface area contributed by atoms with Gasteiger partial charge in [-0.05, 0) is 42.3 Å². The van der Waals surface area contributed by atoms with Crippen molar-refractivity contribution >= 4 is 27.7 Å². The Hall–Kier alpha value is -2.01. The molecular weight excluding hydrogens is 320 g/mol. The molecule has 0 radical (unpaired) electrons. The number of benzene rings is 1. The maximum Gasteiger partial charge on any atom is 0.280 e. The number of rotatable bonds is 2. The van der Waals surface area contributed by atoms with Crippen molar-refractivity contribution in [1.29, 1.82) is 0 Å². The van der Waals surface area contributed by atoms with Crippen LogP contribution in [0.4, 0.5) is 0 Å². The fourth-order valence-electron chi connectivity index (χ4n) is 2.26. The summed E-state index contributed by atoms with van der Waals surface area (Å²) in [6.07, 6.45) is 1.53. The average Bonchev–Trinajstić information content (AvgIpc) is 2.67. The maximum absolute atomic E-state index is 12.2. The third-order valence-corrected chi connectivity index (χ3v) is 3.86. The summed E-state index contributed by atoms with van der Waals surface area (Å²) in [7, 11) is 0. The van der Waals surface area contributed by atoms with E-state index < -0.39 is 0 Å². The van der Waals surface area contributed by atoms with Crippen LogP contribution in [-0.2, 0) is 6.54 Å². The smallest absolute Gasteiger partial charge is 0.268 e. The molecule has 0 aliphatic carbocycles. The summed E-state index contributed by atoms with van der Waals surface area (Å²) in [6, 6.07) is 9.08. The molecule has 4 nitrogen and oxygen atoms in total. The van der Waals surface area contributed by atoms with Crippen LogP contribution in [-0.4, -0.2) is 21.7 Å². The van der Waals surface area contributed by atoms with Crippen LogP contribution in [0.1, 0.15) is 32.0 Å². The quantitative estimate of drug-likeness (QED) is 0.795. The van der Waals surface area contributed by atoms with Gasteiger partial charge < -0.3 is 0 Å². The summed E-state index contributed by atoms with van der Waals surface area (Å²) in [5.41, 5.74) is 2.60. The highest BCUT2D eigenvalue weighted by molar-refractivity contribution is 9.10. The highest BCUT2D eigenvalue weighted by Gasteiger charge is 2.36. The van der Waals surface area contributed by atoms with Crippen LogP contribution < -0.4 is 0 Å². The first-order valence-corrected chi connectivity index (χ1v) is 6.93. The van der Waals surface area contributed by atoms with E-state index >= 15 is 0 Å². The minimum absolute atomic E-state index is 0.243. The van der Waals surface area contributed by atoms with Crippen molar-refractivity contribution < 1.29 is 9.59 Å². The molecule has 0 atom stereocenters. The van der Waals surface area contributed by atoms with Crippen LogP contribution in [0.2, 0.25) is 0 Å². The number of aromatic nitrogens is 1. The Morgan fingerprint density at radius 1 is 1.20 bits per heavy atom. The van der Waals surface area contributed by atoms with E-state index in [0.717, 1.165) is 15.6 Å². The average molecular weight is 331 g/mol. The van der Waals surface area contributed by atoms with Crippen LogP contribution in [0.15, 0.2) is 41.0 Å². The van der Waals surface area contributed by atoms with Crippen molar-refractivity contribution in [1.82, 2.24) is 9.88 Å². The van der Waals surface area contributed by atoms with E-state index in [9.17, 15) is 9.59 Å². The lowest BCUT2D eigenvalue weighted by Gasteiger charge is -2.15. The summed E-state index contributed by atoms with van der Waals surface area (Å²) in [6.45, 7) is 2.23. The molecule has 1 aromatic heterocycles. The number of halogens is 1. The highest BCUT2D eigenvalue weighted by Crippen LogP contribution is 2.24. The summed E-state index contributed by atoms with van der Waals surface area (Å²) >= 11 is 3.40. The van der Waals surface area contributed by atoms with Gasteiger partial charge in [0.05, 0.1) is 12.1 Å². The van der Waals surface area contributed by atoms with Crippen molar-refractivity contribution in [3.63, 3.8) is 0 Å². The number of hydrogen-bond donors (Lipinski definition) is 0. The first-order valence-electron chi connectivity index (χ1n) is 6.14. The minimum Gasteiger partial charge on any atom is -0.268 e. The number of imide groups is 1. The van der Waals surface area contributed by atoms with E-state index in [1.807, 2.05) is 25.1 Å². The molecule has 1 aliphatic rings. The minimum atomic E-state index is -0.326. The molecule has 2 aromatic rings. The molecule has 2 amide bonds. The molecule has 0 spiro atoms. The van der Waals surface area contributed by atoms with Crippen molar-refractivity contribution in [2.75, 3.05) is 0 Å². The Morgan fingerprint density at radius 2 is 2.00 bits per heavy atom. The second-order valence-corrected chi connectivity index (χ2v) is 5.58. The number of carbonyl (C=O) groups excluding carboxylic acids is 2. The number of amides is 2. The zero-order valence-electron chi connectivity index (χ0n) is 10.8. The van der Waals surface area contributed by atoms with Crippen LogP contribution >= 0.6 is 15.9 Å². The number of nitrogens with zero attached hydrogens (tertiary/aromatic N) is 2. The molecule has 100 valence electrons. The second kappa shape index (κ2) is 4.83. The van der Waals surface area contributed by atoms with Gasteiger partial charge in [-0.2, -0.15) is 0 Å². The number of hydrogen-bond acceptors (Lipinski definition) is 3. The van der Waals surface area contributed by atoms with Crippen LogP contribution in [0.3, 0.4) is 0 Å². The van der Waals surface area contributed by atoms with E-state index in [4.69, 9.17) is 0 Å². The zero-order valence-corrected chi connectivity index (χ0v) is 12.3. The van der Waals surface area contributed by atoms with E-state index in [1.165, 1.54) is 11.1 Å². The largest absolute Gasteiger partial charge is 0.280 e. The normalized spacial score (nSPS) is 13.8. The van der Waals surface area contributed by atoms with Gasteiger partial charge in [0.25, 0.3) is 11.8 Å². The monoisotopic (exact) mass is 330 g/mol. The molecule has 0 unspecified atom stereocenters. The van der Waals surface area contributed by atoms with Crippen molar-refractivity contribution in [3.05, 3.63) is 63.4 Å². The summed E-state index contributed by atoms with van der Waals surface area (Å²) in [5, 5.41) is 0. The highest BCUT2D eigenvalue weighted by atomic mass is 79.9. The van der Waals surface area contributed by atoms with Gasteiger partial charge in [-0.25, -0.2) is 0 Å². The van der Waals surface area contributed by atoms with Gasteiger partial charge in [0.2, 0.25) is 0 Å². The van der Waals surface area contributed by atoms with Crippen LogP contribution in [0, 0.1) is 6.92 Å². The molecule has 0 N–H and O–H groups in total. The van der Waals surface area contributed by atoms with Gasteiger partial charge in [0.1, 0.15) is 5.69 Å². The predicted octanol–water partition coefficient (Wildman–Crippen LogP) is 2.95. The van der Waals surface area contributed by atoms with Gasteiger partial charge in [-0.1, -0.05) is 22.0 Å². The Kier molecular flexibility index (Phi) is 3.14. The van der Waals surface area contributed by atoms with Gasteiger partial charge in [0.15, 0.2) is 0 Å². The van der Waals surface area contributed by atoms with E-state index in [1.54, 1.807) is 12.1 Å². The van der Waals surface area contributed by atoms with Crippen LogP contribution in [0.5, 0.6) is 0 Å². The first-order chi connectivity index (χ1) is 9.58. The molecule has 0 saturated carbocycles. The van der Waals surface area contributed by atoms with E-state index in [0.29, 0.717) is 5.56 Å². The van der Waals surface area contributed by atoms with E-state index in [2.05, 4.69) is 20.9 Å². The molecule has 3 rings (SSSR count). The number of carbonyl (C=O) groups is 2. The first kappa shape index (κ1) is 13.0. The number of fused-ring (bicyclic) bond motifs is 1. The van der Waals surface area contributed by atoms with Crippen molar-refractivity contribution in [3.8, 4) is 0 Å². The SMILES string of the molecule is Cc1cc(Br)ccc1CN1C(=O)c2cccnc2C1=O. The lowest BCUT2D eigenvalue weighted by Crippen LogP contribution is -2.29. The fourth-order valence-corrected chi connectivity index (χ4v) is 2.74. The van der Waals surface area contributed by atoms with Gasteiger partial charge in [-0.3, -0.25) is 19.5 Å². The second-order valence-electron chi connectivity index (χ2n) is 4.67. The van der Waals surface area contributed by atoms with Gasteiger partial charge >= 0.3 is 0 Å². The van der Waals surface area contributed by atoms with Crippen molar-refractivity contribution in [2.24, 2.45) is 0 Å². The lowest BCUT2D eigenvalue weighted by atomic mass is 10.1. The molecule has 5 heteroatoms. The van der Waals surface area contributed by atoms with Crippen molar-refractivity contribution in [2.45, 2.75) is 13.5 Å². The fraction of sp³-hybridized carbons (Fsp3) is 0.133. The Morgan fingerprint density at radius 3 is 2.70 bits per heavy atom. The van der Waals surface area contributed by atoms with Gasteiger partial charge in [0, 0.05) is 10.7 Å². The van der Waals surface area contributed by atoms with E-state index in [-0.39, 0.29) is 24.1 Å². The molecule has 20 heavy (non-hydrogen) atoms.